The van der Waals surface area contributed by atoms with E-state index < -0.39 is 0 Å². The maximum atomic E-state index is 12.2. The van der Waals surface area contributed by atoms with Crippen LogP contribution in [-0.2, 0) is 11.4 Å². The van der Waals surface area contributed by atoms with Crippen LogP contribution in [0.3, 0.4) is 0 Å². The fraction of sp³-hybridized carbons (Fsp3) is 0.0870. The van der Waals surface area contributed by atoms with Crippen LogP contribution < -0.4 is 10.2 Å². The van der Waals surface area contributed by atoms with Gasteiger partial charge in [0, 0.05) is 5.02 Å². The van der Waals surface area contributed by atoms with Crippen LogP contribution in [0.2, 0.25) is 5.02 Å². The third-order valence-corrected chi connectivity index (χ3v) is 8.35. The van der Waals surface area contributed by atoms with Crippen LogP contribution in [0, 0.1) is 7.14 Å². The summed E-state index contributed by atoms with van der Waals surface area (Å²) in [5.74, 6) is 0.895. The number of carbonyl (C=O) groups is 1. The molecule has 0 atom stereocenters. The van der Waals surface area contributed by atoms with E-state index in [9.17, 15) is 4.79 Å². The molecule has 0 aliphatic carbocycles. The molecule has 0 unspecified atom stereocenters. The molecule has 3 aromatic carbocycles. The predicted octanol–water partition coefficient (Wildman–Crippen LogP) is 6.98. The van der Waals surface area contributed by atoms with Gasteiger partial charge >= 0.3 is 0 Å². The van der Waals surface area contributed by atoms with E-state index in [0.29, 0.717) is 11.6 Å². The molecule has 168 valence electrons. The summed E-state index contributed by atoms with van der Waals surface area (Å²) in [6.45, 7) is 0.457. The number of thiazole rings is 1. The Kier molecular flexibility index (Phi) is 8.85. The van der Waals surface area contributed by atoms with Gasteiger partial charge in [0.05, 0.1) is 29.3 Å². The highest BCUT2D eigenvalue weighted by Gasteiger charge is 2.10. The van der Waals surface area contributed by atoms with Crippen molar-refractivity contribution in [3.05, 3.63) is 84.0 Å². The van der Waals surface area contributed by atoms with Gasteiger partial charge in [-0.1, -0.05) is 47.6 Å². The Morgan fingerprint density at radius 3 is 2.61 bits per heavy atom. The number of halogens is 3. The van der Waals surface area contributed by atoms with E-state index in [1.54, 1.807) is 17.6 Å². The standard InChI is InChI=1S/C23H16ClI2N3O2S2/c24-16-7-5-14(6-8-16)12-31-22-17(25)9-15(10-18(22)26)11-27-29-21(30)13-32-23-28-19-3-1-2-4-20(19)33-23/h1-11H,12-13H2,(H,29,30)/b27-11-. The first-order valence-electron chi connectivity index (χ1n) is 9.64. The van der Waals surface area contributed by atoms with E-state index >= 15 is 0 Å². The fourth-order valence-corrected chi connectivity index (χ4v) is 6.89. The van der Waals surface area contributed by atoms with Gasteiger partial charge in [-0.05, 0) is 92.7 Å². The van der Waals surface area contributed by atoms with Crippen molar-refractivity contribution in [1.29, 1.82) is 0 Å². The van der Waals surface area contributed by atoms with Gasteiger partial charge in [-0.3, -0.25) is 4.79 Å². The number of para-hydroxylation sites is 1. The van der Waals surface area contributed by atoms with Gasteiger partial charge in [-0.2, -0.15) is 5.10 Å². The van der Waals surface area contributed by atoms with Crippen molar-refractivity contribution in [2.45, 2.75) is 10.9 Å². The average Bonchev–Trinajstić information content (AvgIpc) is 3.21. The van der Waals surface area contributed by atoms with Gasteiger partial charge in [-0.15, -0.1) is 11.3 Å². The van der Waals surface area contributed by atoms with Gasteiger partial charge < -0.3 is 4.74 Å². The first-order valence-corrected chi connectivity index (χ1v) is 14.0. The number of thioether (sulfide) groups is 1. The topological polar surface area (TPSA) is 63.6 Å². The Balaban J connectivity index is 1.30. The van der Waals surface area contributed by atoms with E-state index in [4.69, 9.17) is 16.3 Å². The Hall–Kier alpha value is -1.41. The normalized spacial score (nSPS) is 11.2. The summed E-state index contributed by atoms with van der Waals surface area (Å²) in [5.41, 5.74) is 5.45. The third-order valence-electron chi connectivity index (χ3n) is 4.32. The van der Waals surface area contributed by atoms with Crippen LogP contribution in [0.4, 0.5) is 0 Å². The zero-order valence-electron chi connectivity index (χ0n) is 16.9. The second-order valence-corrected chi connectivity index (χ2v) is 11.8. The van der Waals surface area contributed by atoms with Crippen molar-refractivity contribution < 1.29 is 9.53 Å². The number of carbonyl (C=O) groups excluding carboxylic acids is 1. The molecule has 0 bridgehead atoms. The fourth-order valence-electron chi connectivity index (χ4n) is 2.78. The maximum Gasteiger partial charge on any atom is 0.250 e. The number of ether oxygens (including phenoxy) is 1. The number of fused-ring (bicyclic) bond motifs is 1. The molecule has 10 heteroatoms. The summed E-state index contributed by atoms with van der Waals surface area (Å²) in [4.78, 5) is 16.7. The highest BCUT2D eigenvalue weighted by molar-refractivity contribution is 14.1. The summed E-state index contributed by atoms with van der Waals surface area (Å²) in [7, 11) is 0. The van der Waals surface area contributed by atoms with Gasteiger partial charge in [0.2, 0.25) is 0 Å². The lowest BCUT2D eigenvalue weighted by molar-refractivity contribution is -0.118. The number of rotatable bonds is 8. The van der Waals surface area contributed by atoms with Crippen LogP contribution in [0.15, 0.2) is 70.1 Å². The highest BCUT2D eigenvalue weighted by Crippen LogP contribution is 2.30. The minimum atomic E-state index is -0.178. The molecule has 1 aromatic heterocycles. The Labute approximate surface area is 231 Å². The van der Waals surface area contributed by atoms with Crippen LogP contribution in [0.1, 0.15) is 11.1 Å². The molecule has 0 saturated heterocycles. The number of aromatic nitrogens is 1. The Morgan fingerprint density at radius 1 is 1.15 bits per heavy atom. The Bertz CT molecular complexity index is 1260. The van der Waals surface area contributed by atoms with Gasteiger partial charge in [0.1, 0.15) is 12.4 Å². The van der Waals surface area contributed by atoms with Gasteiger partial charge in [0.25, 0.3) is 5.91 Å². The van der Waals surface area contributed by atoms with Crippen LogP contribution in [0.25, 0.3) is 10.2 Å². The molecule has 1 heterocycles. The average molecular weight is 720 g/mol. The maximum absolute atomic E-state index is 12.2. The number of hydrogen-bond acceptors (Lipinski definition) is 6. The van der Waals surface area contributed by atoms with E-state index in [0.717, 1.165) is 38.6 Å². The first-order chi connectivity index (χ1) is 16.0. The van der Waals surface area contributed by atoms with Crippen LogP contribution in [0.5, 0.6) is 5.75 Å². The first kappa shape index (κ1) is 24.7. The molecule has 0 aliphatic rings. The lowest BCUT2D eigenvalue weighted by Gasteiger charge is -2.11. The second-order valence-electron chi connectivity index (χ2n) is 6.76. The number of nitrogens with one attached hydrogen (secondary N) is 1. The largest absolute Gasteiger partial charge is 0.487 e. The van der Waals surface area contributed by atoms with Gasteiger partial charge in [-0.25, -0.2) is 10.4 Å². The molecule has 33 heavy (non-hydrogen) atoms. The quantitative estimate of drug-likeness (QED) is 0.0925. The number of nitrogens with zero attached hydrogens (tertiary/aromatic N) is 2. The molecule has 4 aromatic rings. The molecule has 5 nitrogen and oxygen atoms in total. The predicted molar refractivity (Wildman–Crippen MR) is 154 cm³/mol. The lowest BCUT2D eigenvalue weighted by atomic mass is 10.2. The Morgan fingerprint density at radius 2 is 1.88 bits per heavy atom. The molecular formula is C23H16ClI2N3O2S2. The molecular weight excluding hydrogens is 704 g/mol. The molecule has 1 amide bonds. The van der Waals surface area contributed by atoms with Crippen molar-refractivity contribution >= 4 is 102 Å². The zero-order valence-corrected chi connectivity index (χ0v) is 23.6. The smallest absolute Gasteiger partial charge is 0.250 e. The van der Waals surface area contributed by atoms with Crippen LogP contribution >= 0.6 is 79.9 Å². The number of hydrogen-bond donors (Lipinski definition) is 1. The summed E-state index contributed by atoms with van der Waals surface area (Å²) in [6, 6.07) is 19.5. The summed E-state index contributed by atoms with van der Waals surface area (Å²) in [6.07, 6.45) is 1.63. The monoisotopic (exact) mass is 719 g/mol. The third kappa shape index (κ3) is 7.04. The van der Waals surface area contributed by atoms with E-state index in [1.165, 1.54) is 11.8 Å². The van der Waals surface area contributed by atoms with E-state index in [-0.39, 0.29) is 11.7 Å². The van der Waals surface area contributed by atoms with Crippen molar-refractivity contribution in [2.24, 2.45) is 5.10 Å². The second kappa shape index (κ2) is 11.8. The molecule has 1 N–H and O–H groups in total. The van der Waals surface area contributed by atoms with E-state index in [1.807, 2.05) is 60.7 Å². The highest BCUT2D eigenvalue weighted by atomic mass is 127. The molecule has 0 fully saturated rings. The van der Waals surface area contributed by atoms with Crippen molar-refractivity contribution in [1.82, 2.24) is 10.4 Å². The summed E-state index contributed by atoms with van der Waals surface area (Å²) >= 11 is 13.4. The molecule has 4 rings (SSSR count). The van der Waals surface area contributed by atoms with Crippen LogP contribution in [-0.4, -0.2) is 22.9 Å². The van der Waals surface area contributed by atoms with Crippen molar-refractivity contribution in [3.63, 3.8) is 0 Å². The minimum Gasteiger partial charge on any atom is -0.487 e. The molecule has 0 saturated carbocycles. The lowest BCUT2D eigenvalue weighted by Crippen LogP contribution is -2.19. The summed E-state index contributed by atoms with van der Waals surface area (Å²) in [5, 5.41) is 4.80. The zero-order chi connectivity index (χ0) is 23.2. The molecule has 0 spiro atoms. The summed E-state index contributed by atoms with van der Waals surface area (Å²) < 4.78 is 9.92. The molecule has 0 radical (unpaired) electrons. The van der Waals surface area contributed by atoms with E-state index in [2.05, 4.69) is 60.7 Å². The SMILES string of the molecule is O=C(CSc1nc2ccccc2s1)N/N=C\c1cc(I)c(OCc2ccc(Cl)cc2)c(I)c1. The molecule has 0 aliphatic heterocycles. The van der Waals surface area contributed by atoms with Crippen molar-refractivity contribution in [3.8, 4) is 5.75 Å². The van der Waals surface area contributed by atoms with Crippen molar-refractivity contribution in [2.75, 3.05) is 5.75 Å². The number of amides is 1. The van der Waals surface area contributed by atoms with Gasteiger partial charge in [0.15, 0.2) is 4.34 Å². The number of hydrazone groups is 1. The number of benzene rings is 3. The minimum absolute atomic E-state index is 0.178.